The van der Waals surface area contributed by atoms with Gasteiger partial charge in [-0.25, -0.2) is 13.9 Å². The summed E-state index contributed by atoms with van der Waals surface area (Å²) in [6, 6.07) is 12.2. The minimum absolute atomic E-state index is 0.122. The van der Waals surface area contributed by atoms with Crippen molar-refractivity contribution in [2.24, 2.45) is 0 Å². The fourth-order valence-corrected chi connectivity index (χ4v) is 3.73. The molecule has 0 bridgehead atoms. The SMILES string of the molecule is COCCOc1ccc(NC(=O)CCc2c(C)nc3c4ccccc4nn3c2C)cc1F. The smallest absolute Gasteiger partial charge is 0.224 e. The summed E-state index contributed by atoms with van der Waals surface area (Å²) in [6.45, 7) is 4.55. The van der Waals surface area contributed by atoms with E-state index in [-0.39, 0.29) is 24.7 Å². The number of aromatic nitrogens is 3. The molecule has 0 fully saturated rings. The Kier molecular flexibility index (Phi) is 6.32. The number of ether oxygens (including phenoxy) is 2. The second kappa shape index (κ2) is 9.32. The highest BCUT2D eigenvalue weighted by Gasteiger charge is 2.15. The highest BCUT2D eigenvalue weighted by atomic mass is 19.1. The normalized spacial score (nSPS) is 11.2. The molecule has 166 valence electrons. The Balaban J connectivity index is 1.45. The average molecular weight is 436 g/mol. The number of hydrogen-bond acceptors (Lipinski definition) is 5. The zero-order valence-electron chi connectivity index (χ0n) is 18.3. The first kappa shape index (κ1) is 21.7. The second-order valence-corrected chi connectivity index (χ2v) is 7.55. The van der Waals surface area contributed by atoms with E-state index < -0.39 is 5.82 Å². The van der Waals surface area contributed by atoms with Crippen molar-refractivity contribution in [1.29, 1.82) is 0 Å². The Labute approximate surface area is 185 Å². The molecule has 0 aliphatic carbocycles. The molecule has 1 N–H and O–H groups in total. The van der Waals surface area contributed by atoms with E-state index in [0.29, 0.717) is 18.7 Å². The summed E-state index contributed by atoms with van der Waals surface area (Å²) in [6.07, 6.45) is 0.743. The fourth-order valence-electron chi connectivity index (χ4n) is 3.73. The van der Waals surface area contributed by atoms with Gasteiger partial charge in [0.25, 0.3) is 0 Å². The fraction of sp³-hybridized carbons (Fsp3) is 0.292. The summed E-state index contributed by atoms with van der Waals surface area (Å²) in [7, 11) is 1.55. The van der Waals surface area contributed by atoms with E-state index in [1.807, 2.05) is 42.6 Å². The van der Waals surface area contributed by atoms with Crippen LogP contribution in [0.25, 0.3) is 16.6 Å². The highest BCUT2D eigenvalue weighted by molar-refractivity contribution is 5.92. The van der Waals surface area contributed by atoms with Gasteiger partial charge in [0.15, 0.2) is 17.2 Å². The quantitative estimate of drug-likeness (QED) is 0.418. The van der Waals surface area contributed by atoms with Crippen molar-refractivity contribution in [3.8, 4) is 5.75 Å². The molecule has 0 aliphatic heterocycles. The molecule has 2 aromatic carbocycles. The largest absolute Gasteiger partial charge is 0.488 e. The Hall–Kier alpha value is -3.52. The average Bonchev–Trinajstić information content (AvgIpc) is 3.14. The first-order chi connectivity index (χ1) is 15.5. The van der Waals surface area contributed by atoms with Crippen LogP contribution in [0.5, 0.6) is 5.75 Å². The first-order valence-corrected chi connectivity index (χ1v) is 10.4. The number of amides is 1. The minimum Gasteiger partial charge on any atom is -0.488 e. The van der Waals surface area contributed by atoms with Crippen molar-refractivity contribution in [2.45, 2.75) is 26.7 Å². The number of rotatable bonds is 8. The molecule has 4 rings (SSSR count). The molecule has 0 spiro atoms. The Morgan fingerprint density at radius 1 is 1.16 bits per heavy atom. The zero-order chi connectivity index (χ0) is 22.7. The molecule has 0 unspecified atom stereocenters. The van der Waals surface area contributed by atoms with Crippen molar-refractivity contribution < 1.29 is 18.7 Å². The van der Waals surface area contributed by atoms with Gasteiger partial charge in [-0.05, 0) is 50.1 Å². The topological polar surface area (TPSA) is 77.8 Å². The van der Waals surface area contributed by atoms with Crippen LogP contribution in [0, 0.1) is 19.7 Å². The van der Waals surface area contributed by atoms with Crippen molar-refractivity contribution >= 4 is 28.1 Å². The molecule has 4 aromatic rings. The summed E-state index contributed by atoms with van der Waals surface area (Å²) in [5, 5.41) is 8.39. The van der Waals surface area contributed by atoms with Crippen molar-refractivity contribution in [2.75, 3.05) is 25.6 Å². The van der Waals surface area contributed by atoms with E-state index in [1.54, 1.807) is 13.2 Å². The van der Waals surface area contributed by atoms with Gasteiger partial charge < -0.3 is 14.8 Å². The van der Waals surface area contributed by atoms with Crippen LogP contribution >= 0.6 is 0 Å². The lowest BCUT2D eigenvalue weighted by molar-refractivity contribution is -0.116. The van der Waals surface area contributed by atoms with Gasteiger partial charge in [-0.15, -0.1) is 0 Å². The Morgan fingerprint density at radius 3 is 2.75 bits per heavy atom. The molecule has 0 aliphatic rings. The third kappa shape index (κ3) is 4.40. The maximum absolute atomic E-state index is 14.2. The summed E-state index contributed by atoms with van der Waals surface area (Å²) in [5.74, 6) is -0.620. The molecule has 0 atom stereocenters. The molecule has 8 heteroatoms. The minimum atomic E-state index is -0.536. The van der Waals surface area contributed by atoms with Crippen molar-refractivity contribution in [1.82, 2.24) is 14.6 Å². The first-order valence-electron chi connectivity index (χ1n) is 10.4. The Morgan fingerprint density at radius 2 is 1.97 bits per heavy atom. The molecule has 2 heterocycles. The van der Waals surface area contributed by atoms with Crippen LogP contribution in [0.15, 0.2) is 42.5 Å². The van der Waals surface area contributed by atoms with Crippen LogP contribution in [-0.2, 0) is 16.0 Å². The lowest BCUT2D eigenvalue weighted by atomic mass is 10.1. The van der Waals surface area contributed by atoms with Crippen LogP contribution in [0.2, 0.25) is 0 Å². The standard InChI is InChI=1S/C24H25FN4O3/c1-15-18(16(2)29-24(26-15)19-6-4-5-7-21(19)28-29)9-11-23(30)27-17-8-10-22(20(25)14-17)32-13-12-31-3/h4-8,10,14H,9,11-13H2,1-3H3,(H,27,30). The van der Waals surface area contributed by atoms with Gasteiger partial charge in [-0.3, -0.25) is 4.79 Å². The van der Waals surface area contributed by atoms with E-state index in [1.165, 1.54) is 12.1 Å². The number of nitrogens with one attached hydrogen (secondary N) is 1. The van der Waals surface area contributed by atoms with Crippen LogP contribution < -0.4 is 10.1 Å². The summed E-state index contributed by atoms with van der Waals surface area (Å²) in [5.41, 5.74) is 4.89. The molecule has 1 amide bonds. The summed E-state index contributed by atoms with van der Waals surface area (Å²) < 4.78 is 26.2. The number of carbonyl (C=O) groups excluding carboxylic acids is 1. The van der Waals surface area contributed by atoms with Crippen LogP contribution in [0.1, 0.15) is 23.4 Å². The van der Waals surface area contributed by atoms with E-state index in [0.717, 1.165) is 33.5 Å². The molecule has 7 nitrogen and oxygen atoms in total. The number of benzene rings is 2. The van der Waals surface area contributed by atoms with E-state index in [9.17, 15) is 9.18 Å². The number of fused-ring (bicyclic) bond motifs is 3. The molecule has 2 aromatic heterocycles. The third-order valence-corrected chi connectivity index (χ3v) is 5.38. The molecule has 0 radical (unpaired) electrons. The molecule has 0 saturated heterocycles. The molecular formula is C24H25FN4O3. The van der Waals surface area contributed by atoms with Gasteiger partial charge in [0.2, 0.25) is 5.91 Å². The maximum Gasteiger partial charge on any atom is 0.224 e. The third-order valence-electron chi connectivity index (χ3n) is 5.38. The molecule has 32 heavy (non-hydrogen) atoms. The lowest BCUT2D eigenvalue weighted by Crippen LogP contribution is -2.14. The predicted molar refractivity (Wildman–Crippen MR) is 121 cm³/mol. The summed E-state index contributed by atoms with van der Waals surface area (Å²) in [4.78, 5) is 17.2. The molecular weight excluding hydrogens is 411 g/mol. The van der Waals surface area contributed by atoms with Crippen LogP contribution in [0.4, 0.5) is 10.1 Å². The van der Waals surface area contributed by atoms with Gasteiger partial charge >= 0.3 is 0 Å². The van der Waals surface area contributed by atoms with Gasteiger partial charge in [-0.2, -0.15) is 5.10 Å². The molecule has 0 saturated carbocycles. The second-order valence-electron chi connectivity index (χ2n) is 7.55. The van der Waals surface area contributed by atoms with Gasteiger partial charge in [0.05, 0.1) is 12.1 Å². The number of hydrogen-bond donors (Lipinski definition) is 1. The van der Waals surface area contributed by atoms with E-state index in [4.69, 9.17) is 14.5 Å². The number of methoxy groups -OCH3 is 1. The number of halogens is 1. The maximum atomic E-state index is 14.2. The van der Waals surface area contributed by atoms with Crippen LogP contribution in [-0.4, -0.2) is 40.8 Å². The van der Waals surface area contributed by atoms with Gasteiger partial charge in [-0.1, -0.05) is 12.1 Å². The number of nitrogens with zero attached hydrogens (tertiary/aromatic N) is 3. The van der Waals surface area contributed by atoms with E-state index in [2.05, 4.69) is 10.4 Å². The van der Waals surface area contributed by atoms with Crippen molar-refractivity contribution in [3.63, 3.8) is 0 Å². The Bertz CT molecular complexity index is 1290. The number of carbonyl (C=O) groups is 1. The monoisotopic (exact) mass is 436 g/mol. The van der Waals surface area contributed by atoms with Crippen molar-refractivity contribution in [3.05, 3.63) is 65.2 Å². The van der Waals surface area contributed by atoms with Crippen LogP contribution in [0.3, 0.4) is 0 Å². The van der Waals surface area contributed by atoms with E-state index >= 15 is 0 Å². The number of aryl methyl sites for hydroxylation is 2. The zero-order valence-corrected chi connectivity index (χ0v) is 18.3. The predicted octanol–water partition coefficient (Wildman–Crippen LogP) is 4.23. The number of anilines is 1. The lowest BCUT2D eigenvalue weighted by Gasteiger charge is -2.12. The highest BCUT2D eigenvalue weighted by Crippen LogP contribution is 2.24. The van der Waals surface area contributed by atoms with Gasteiger partial charge in [0, 0.05) is 42.1 Å². The summed E-state index contributed by atoms with van der Waals surface area (Å²) >= 11 is 0. The van der Waals surface area contributed by atoms with Gasteiger partial charge in [0.1, 0.15) is 6.61 Å².